The number of primary sulfonamides is 1. The average Bonchev–Trinajstić information content (AvgIpc) is 3.38. The van der Waals surface area contributed by atoms with Crippen molar-refractivity contribution in [2.24, 2.45) is 5.14 Å². The molecule has 3 heterocycles. The quantitative estimate of drug-likeness (QED) is 0.334. The van der Waals surface area contributed by atoms with Gasteiger partial charge in [0.1, 0.15) is 9.90 Å². The van der Waals surface area contributed by atoms with Gasteiger partial charge in [0.25, 0.3) is 6.43 Å². The number of hydrogen-bond donors (Lipinski definition) is 1. The minimum atomic E-state index is -4.54. The fourth-order valence-electron chi connectivity index (χ4n) is 2.88. The molecule has 13 heteroatoms. The van der Waals surface area contributed by atoms with Gasteiger partial charge in [0.05, 0.1) is 27.9 Å². The molecule has 0 atom stereocenters. The van der Waals surface area contributed by atoms with Gasteiger partial charge < -0.3 is 0 Å². The summed E-state index contributed by atoms with van der Waals surface area (Å²) in [4.78, 5) is 4.62. The number of aromatic nitrogens is 3. The molecule has 0 aliphatic carbocycles. The van der Waals surface area contributed by atoms with Crippen molar-refractivity contribution in [3.63, 3.8) is 0 Å². The Morgan fingerprint density at radius 3 is 2.33 bits per heavy atom. The van der Waals surface area contributed by atoms with Gasteiger partial charge in [-0.05, 0) is 30.3 Å². The zero-order valence-corrected chi connectivity index (χ0v) is 17.8. The Balaban J connectivity index is 1.79. The van der Waals surface area contributed by atoms with Crippen molar-refractivity contribution < 1.29 is 30.4 Å². The molecule has 1 aromatic carbocycles. The second-order valence-corrected chi connectivity index (χ2v) is 9.52. The lowest BCUT2D eigenvalue weighted by Crippen LogP contribution is -2.09. The number of fused-ring (bicyclic) bond motifs is 1. The standard InChI is InChI=1S/C20H11F5N4O2S2/c21-18(22)16-9-15(11-1-4-13(5-2-11)20(23,24)25)28-19-12(10-27-29(16)19)3-6-14-7-8-17(32-14)33(26,30)31/h1-2,4-5,7-10,18H,(H2,26,30,31). The van der Waals surface area contributed by atoms with E-state index in [9.17, 15) is 30.4 Å². The van der Waals surface area contributed by atoms with E-state index >= 15 is 0 Å². The van der Waals surface area contributed by atoms with Gasteiger partial charge in [-0.15, -0.1) is 11.3 Å². The van der Waals surface area contributed by atoms with E-state index in [4.69, 9.17) is 5.14 Å². The van der Waals surface area contributed by atoms with Crippen LogP contribution in [0.4, 0.5) is 22.0 Å². The lowest BCUT2D eigenvalue weighted by atomic mass is 10.1. The largest absolute Gasteiger partial charge is 0.416 e. The van der Waals surface area contributed by atoms with Gasteiger partial charge in [-0.1, -0.05) is 24.0 Å². The number of rotatable bonds is 3. The summed E-state index contributed by atoms with van der Waals surface area (Å²) in [6, 6.07) is 7.71. The molecule has 0 saturated carbocycles. The van der Waals surface area contributed by atoms with Crippen LogP contribution in [0.2, 0.25) is 0 Å². The van der Waals surface area contributed by atoms with Crippen molar-refractivity contribution in [1.29, 1.82) is 0 Å². The Morgan fingerprint density at radius 2 is 1.76 bits per heavy atom. The maximum atomic E-state index is 13.6. The molecule has 0 radical (unpaired) electrons. The first kappa shape index (κ1) is 22.8. The molecule has 0 unspecified atom stereocenters. The SMILES string of the molecule is NS(=O)(=O)c1ccc(C#Cc2cnn3c(C(F)F)cc(-c4ccc(C(F)(F)F)cc4)nc23)s1. The Bertz CT molecular complexity index is 1510. The summed E-state index contributed by atoms with van der Waals surface area (Å²) in [7, 11) is -3.88. The van der Waals surface area contributed by atoms with E-state index in [0.717, 1.165) is 46.2 Å². The lowest BCUT2D eigenvalue weighted by Gasteiger charge is -2.10. The van der Waals surface area contributed by atoms with Crippen LogP contribution in [-0.4, -0.2) is 23.0 Å². The molecule has 6 nitrogen and oxygen atoms in total. The lowest BCUT2D eigenvalue weighted by molar-refractivity contribution is -0.137. The molecule has 0 fully saturated rings. The number of halogens is 5. The highest BCUT2D eigenvalue weighted by Crippen LogP contribution is 2.32. The van der Waals surface area contributed by atoms with Gasteiger partial charge in [-0.2, -0.15) is 18.3 Å². The summed E-state index contributed by atoms with van der Waals surface area (Å²) in [6.45, 7) is 0. The molecule has 4 rings (SSSR count). The molecule has 170 valence electrons. The smallest absolute Gasteiger partial charge is 0.227 e. The molecule has 0 saturated heterocycles. The van der Waals surface area contributed by atoms with Crippen molar-refractivity contribution in [2.75, 3.05) is 0 Å². The van der Waals surface area contributed by atoms with Crippen molar-refractivity contribution in [3.8, 4) is 23.1 Å². The summed E-state index contributed by atoms with van der Waals surface area (Å²) in [6.07, 6.45) is -6.27. The van der Waals surface area contributed by atoms with Crippen LogP contribution in [-0.2, 0) is 16.2 Å². The maximum Gasteiger partial charge on any atom is 0.416 e. The molecule has 0 bridgehead atoms. The Hall–Kier alpha value is -3.34. The second-order valence-electron chi connectivity index (χ2n) is 6.65. The number of benzene rings is 1. The maximum absolute atomic E-state index is 13.6. The van der Waals surface area contributed by atoms with E-state index < -0.39 is 33.9 Å². The van der Waals surface area contributed by atoms with E-state index in [-0.39, 0.29) is 26.7 Å². The molecular weight excluding hydrogens is 487 g/mol. The first-order valence-corrected chi connectivity index (χ1v) is 11.3. The Labute approximate surface area is 187 Å². The molecule has 33 heavy (non-hydrogen) atoms. The zero-order chi connectivity index (χ0) is 24.0. The van der Waals surface area contributed by atoms with E-state index in [1.807, 2.05) is 0 Å². The van der Waals surface area contributed by atoms with Gasteiger partial charge in [-0.3, -0.25) is 0 Å². The van der Waals surface area contributed by atoms with Crippen molar-refractivity contribution >= 4 is 27.0 Å². The highest BCUT2D eigenvalue weighted by atomic mass is 32.2. The third-order valence-electron chi connectivity index (χ3n) is 4.41. The normalized spacial score (nSPS) is 12.2. The number of sulfonamides is 1. The molecule has 3 aromatic heterocycles. The summed E-state index contributed by atoms with van der Waals surface area (Å²) in [5.41, 5.74) is -1.05. The van der Waals surface area contributed by atoms with Crippen molar-refractivity contribution in [2.45, 2.75) is 16.8 Å². The number of nitrogens with zero attached hydrogens (tertiary/aromatic N) is 3. The zero-order valence-electron chi connectivity index (χ0n) is 16.1. The fraction of sp³-hybridized carbons (Fsp3) is 0.100. The number of thiophene rings is 1. The van der Waals surface area contributed by atoms with Crippen LogP contribution in [0.1, 0.15) is 28.1 Å². The summed E-state index contributed by atoms with van der Waals surface area (Å²) >= 11 is 0.832. The highest BCUT2D eigenvalue weighted by molar-refractivity contribution is 7.91. The van der Waals surface area contributed by atoms with Gasteiger partial charge in [0.2, 0.25) is 10.0 Å². The second kappa shape index (κ2) is 8.22. The Kier molecular flexibility index (Phi) is 5.69. The van der Waals surface area contributed by atoms with Crippen molar-refractivity contribution in [3.05, 3.63) is 70.4 Å². The topological polar surface area (TPSA) is 90.4 Å². The predicted molar refractivity (Wildman–Crippen MR) is 110 cm³/mol. The molecule has 0 spiro atoms. The summed E-state index contributed by atoms with van der Waals surface area (Å²) in [5, 5.41) is 8.95. The molecule has 0 aliphatic rings. The van der Waals surface area contributed by atoms with Crippen LogP contribution in [0, 0.1) is 11.8 Å². The molecule has 0 aliphatic heterocycles. The predicted octanol–water partition coefficient (Wildman–Crippen LogP) is 4.46. The van der Waals surface area contributed by atoms with E-state index in [2.05, 4.69) is 21.9 Å². The highest BCUT2D eigenvalue weighted by Gasteiger charge is 2.30. The molecule has 2 N–H and O–H groups in total. The van der Waals surface area contributed by atoms with E-state index in [1.165, 1.54) is 18.3 Å². The Morgan fingerprint density at radius 1 is 1.06 bits per heavy atom. The van der Waals surface area contributed by atoms with E-state index in [0.29, 0.717) is 4.88 Å². The first-order valence-electron chi connectivity index (χ1n) is 8.92. The third kappa shape index (κ3) is 4.72. The van der Waals surface area contributed by atoms with Gasteiger partial charge >= 0.3 is 6.18 Å². The molecule has 4 aromatic rings. The molecule has 0 amide bonds. The number of alkyl halides is 5. The van der Waals surface area contributed by atoms with Crippen LogP contribution < -0.4 is 5.14 Å². The monoisotopic (exact) mass is 498 g/mol. The minimum absolute atomic E-state index is 0.0164. The average molecular weight is 498 g/mol. The van der Waals surface area contributed by atoms with Gasteiger partial charge in [-0.25, -0.2) is 31.8 Å². The van der Waals surface area contributed by atoms with Gasteiger partial charge in [0, 0.05) is 5.56 Å². The summed E-state index contributed by atoms with van der Waals surface area (Å²) < 4.78 is 89.3. The first-order chi connectivity index (χ1) is 15.4. The minimum Gasteiger partial charge on any atom is -0.227 e. The fourth-order valence-corrected chi connectivity index (χ4v) is 4.46. The van der Waals surface area contributed by atoms with Crippen LogP contribution in [0.15, 0.2) is 52.9 Å². The summed E-state index contributed by atoms with van der Waals surface area (Å²) in [5.74, 6) is 5.41. The van der Waals surface area contributed by atoms with Crippen LogP contribution in [0.5, 0.6) is 0 Å². The van der Waals surface area contributed by atoms with Crippen LogP contribution in [0.25, 0.3) is 16.9 Å². The van der Waals surface area contributed by atoms with Gasteiger partial charge in [0.15, 0.2) is 5.65 Å². The van der Waals surface area contributed by atoms with E-state index in [1.54, 1.807) is 0 Å². The number of nitrogens with two attached hydrogens (primary N) is 1. The van der Waals surface area contributed by atoms with Crippen LogP contribution in [0.3, 0.4) is 0 Å². The molecular formula is C20H11F5N4O2S2. The third-order valence-corrected chi connectivity index (χ3v) is 6.85. The number of hydrogen-bond acceptors (Lipinski definition) is 5. The van der Waals surface area contributed by atoms with Crippen LogP contribution >= 0.6 is 11.3 Å². The van der Waals surface area contributed by atoms with Crippen molar-refractivity contribution in [1.82, 2.24) is 14.6 Å².